The van der Waals surface area contributed by atoms with Gasteiger partial charge in [0.05, 0.1) is 4.92 Å². The smallest absolute Gasteiger partial charge is 0.338 e. The number of hydrogen-bond donors (Lipinski definition) is 0. The number of nitro groups is 1. The average molecular weight is 354 g/mol. The summed E-state index contributed by atoms with van der Waals surface area (Å²) in [6.07, 6.45) is 3.14. The van der Waals surface area contributed by atoms with Crippen molar-refractivity contribution in [3.63, 3.8) is 0 Å². The normalized spacial score (nSPS) is 11.0. The van der Waals surface area contributed by atoms with E-state index in [1.807, 2.05) is 6.07 Å². The second-order valence-electron chi connectivity index (χ2n) is 5.52. The fraction of sp³-hybridized carbons (Fsp3) is 0.105. The summed E-state index contributed by atoms with van der Waals surface area (Å²) >= 11 is 0. The van der Waals surface area contributed by atoms with Crippen molar-refractivity contribution in [3.05, 3.63) is 87.0 Å². The lowest BCUT2D eigenvalue weighted by Crippen LogP contribution is -1.98. The van der Waals surface area contributed by atoms with Gasteiger partial charge in [-0.05, 0) is 36.8 Å². The van der Waals surface area contributed by atoms with Crippen molar-refractivity contribution in [2.75, 3.05) is 0 Å². The molecule has 0 amide bonds. The molecule has 6 nitrogen and oxygen atoms in total. The number of hydrogen-bond acceptors (Lipinski definition) is 5. The van der Waals surface area contributed by atoms with Gasteiger partial charge in [-0.1, -0.05) is 41.6 Å². The average Bonchev–Trinajstić information content (AvgIpc) is 3.00. The van der Waals surface area contributed by atoms with Crippen LogP contribution in [0, 0.1) is 22.9 Å². The van der Waals surface area contributed by atoms with Crippen molar-refractivity contribution >= 4 is 17.8 Å². The van der Waals surface area contributed by atoms with Crippen molar-refractivity contribution in [3.8, 4) is 5.75 Å². The van der Waals surface area contributed by atoms with Crippen LogP contribution in [0.15, 0.2) is 53.1 Å². The van der Waals surface area contributed by atoms with Crippen molar-refractivity contribution in [1.29, 1.82) is 0 Å². The van der Waals surface area contributed by atoms with Crippen LogP contribution >= 0.6 is 0 Å². The third-order valence-corrected chi connectivity index (χ3v) is 3.68. The van der Waals surface area contributed by atoms with E-state index in [0.717, 1.165) is 5.56 Å². The van der Waals surface area contributed by atoms with Crippen LogP contribution in [0.1, 0.15) is 22.6 Å². The maximum absolute atomic E-state index is 13.6. The largest absolute Gasteiger partial charge is 0.489 e. The molecular formula is C19H15FN2O4. The number of aromatic nitrogens is 1. The lowest BCUT2D eigenvalue weighted by Gasteiger charge is -2.07. The Balaban J connectivity index is 1.73. The minimum atomic E-state index is -0.528. The Bertz CT molecular complexity index is 966. The lowest BCUT2D eigenvalue weighted by molar-refractivity contribution is -0.386. The Morgan fingerprint density at radius 3 is 2.81 bits per heavy atom. The van der Waals surface area contributed by atoms with E-state index in [0.29, 0.717) is 11.3 Å². The molecule has 2 aromatic carbocycles. The molecule has 3 aromatic rings. The highest BCUT2D eigenvalue weighted by molar-refractivity contribution is 5.72. The van der Waals surface area contributed by atoms with E-state index >= 15 is 0 Å². The molecular weight excluding hydrogens is 339 g/mol. The molecule has 0 bridgehead atoms. The molecule has 0 aliphatic rings. The quantitative estimate of drug-likeness (QED) is 0.470. The molecule has 3 rings (SSSR count). The van der Waals surface area contributed by atoms with Crippen LogP contribution in [0.4, 0.5) is 10.1 Å². The van der Waals surface area contributed by atoms with Gasteiger partial charge in [0.15, 0.2) is 5.69 Å². The summed E-state index contributed by atoms with van der Waals surface area (Å²) in [6.45, 7) is 1.61. The fourth-order valence-electron chi connectivity index (χ4n) is 2.37. The molecule has 7 heteroatoms. The van der Waals surface area contributed by atoms with Crippen molar-refractivity contribution < 1.29 is 18.6 Å². The molecule has 0 saturated carbocycles. The van der Waals surface area contributed by atoms with Crippen molar-refractivity contribution in [2.24, 2.45) is 0 Å². The molecule has 1 aromatic heterocycles. The number of nitrogens with zero attached hydrogens (tertiary/aromatic N) is 2. The lowest BCUT2D eigenvalue weighted by atomic mass is 10.2. The Kier molecular flexibility index (Phi) is 5.07. The van der Waals surface area contributed by atoms with E-state index in [4.69, 9.17) is 9.26 Å². The molecule has 0 aliphatic heterocycles. The van der Waals surface area contributed by atoms with Gasteiger partial charge in [-0.2, -0.15) is 0 Å². The Labute approximate surface area is 148 Å². The minimum Gasteiger partial charge on any atom is -0.489 e. The van der Waals surface area contributed by atoms with Gasteiger partial charge >= 0.3 is 5.69 Å². The Hall–Kier alpha value is -3.48. The summed E-state index contributed by atoms with van der Waals surface area (Å²) in [6, 6.07) is 13.5. The zero-order valence-electron chi connectivity index (χ0n) is 13.9. The molecule has 0 spiro atoms. The maximum Gasteiger partial charge on any atom is 0.338 e. The van der Waals surface area contributed by atoms with E-state index in [2.05, 4.69) is 5.16 Å². The molecule has 0 fully saturated rings. The van der Waals surface area contributed by atoms with Crippen molar-refractivity contribution in [1.82, 2.24) is 5.16 Å². The highest BCUT2D eigenvalue weighted by atomic mass is 19.1. The van der Waals surface area contributed by atoms with Crippen LogP contribution in [0.5, 0.6) is 5.75 Å². The molecule has 1 heterocycles. The summed E-state index contributed by atoms with van der Waals surface area (Å²) in [5.41, 5.74) is 1.27. The summed E-state index contributed by atoms with van der Waals surface area (Å²) in [5.74, 6) is 0.306. The summed E-state index contributed by atoms with van der Waals surface area (Å²) in [5, 5.41) is 14.6. The fourth-order valence-corrected chi connectivity index (χ4v) is 2.37. The van der Waals surface area contributed by atoms with E-state index < -0.39 is 4.92 Å². The summed E-state index contributed by atoms with van der Waals surface area (Å²) < 4.78 is 24.2. The monoisotopic (exact) mass is 354 g/mol. The number of ether oxygens (including phenoxy) is 1. The van der Waals surface area contributed by atoms with Gasteiger partial charge in [-0.25, -0.2) is 4.39 Å². The first-order valence-corrected chi connectivity index (χ1v) is 7.79. The van der Waals surface area contributed by atoms with E-state index in [1.165, 1.54) is 19.1 Å². The third-order valence-electron chi connectivity index (χ3n) is 3.68. The van der Waals surface area contributed by atoms with Gasteiger partial charge in [0.25, 0.3) is 0 Å². The minimum absolute atomic E-state index is 0.0742. The van der Waals surface area contributed by atoms with Crippen LogP contribution in [-0.2, 0) is 6.61 Å². The van der Waals surface area contributed by atoms with Crippen LogP contribution in [0.25, 0.3) is 12.2 Å². The van der Waals surface area contributed by atoms with Crippen LogP contribution in [-0.4, -0.2) is 10.1 Å². The van der Waals surface area contributed by atoms with E-state index in [1.54, 1.807) is 42.5 Å². The molecule has 0 saturated heterocycles. The topological polar surface area (TPSA) is 78.4 Å². The first kappa shape index (κ1) is 17.3. The summed E-state index contributed by atoms with van der Waals surface area (Å²) in [7, 11) is 0. The Morgan fingerprint density at radius 1 is 1.23 bits per heavy atom. The van der Waals surface area contributed by atoms with Crippen molar-refractivity contribution in [2.45, 2.75) is 13.5 Å². The first-order valence-electron chi connectivity index (χ1n) is 7.79. The predicted molar refractivity (Wildman–Crippen MR) is 94.0 cm³/mol. The molecule has 132 valence electrons. The second kappa shape index (κ2) is 7.60. The number of benzene rings is 2. The Morgan fingerprint density at radius 2 is 2.04 bits per heavy atom. The molecule has 26 heavy (non-hydrogen) atoms. The highest BCUT2D eigenvalue weighted by Gasteiger charge is 2.21. The SMILES string of the molecule is Cc1noc(/C=C\c2cccc(OCc3ccccc3F)c2)c1[N+](=O)[O-]. The number of halogens is 1. The van der Waals surface area contributed by atoms with Gasteiger partial charge < -0.3 is 9.26 Å². The standard InChI is InChI=1S/C19H15FN2O4/c1-13-19(22(23)24)18(26-21-13)10-9-14-5-4-7-16(11-14)25-12-15-6-2-3-8-17(15)20/h2-11H,12H2,1H3/b10-9-. The molecule has 0 N–H and O–H groups in total. The zero-order chi connectivity index (χ0) is 18.5. The van der Waals surface area contributed by atoms with Crippen LogP contribution in [0.3, 0.4) is 0 Å². The molecule has 0 radical (unpaired) electrons. The molecule has 0 atom stereocenters. The zero-order valence-corrected chi connectivity index (χ0v) is 13.9. The molecule has 0 unspecified atom stereocenters. The van der Waals surface area contributed by atoms with Crippen LogP contribution < -0.4 is 4.74 Å². The summed E-state index contributed by atoms with van der Waals surface area (Å²) in [4.78, 5) is 10.5. The first-order chi connectivity index (χ1) is 12.5. The predicted octanol–water partition coefficient (Wildman–Crippen LogP) is 4.78. The maximum atomic E-state index is 13.6. The van der Waals surface area contributed by atoms with E-state index in [-0.39, 0.29) is 29.6 Å². The third kappa shape index (κ3) is 3.94. The van der Waals surface area contributed by atoms with Gasteiger partial charge in [-0.15, -0.1) is 0 Å². The number of rotatable bonds is 6. The van der Waals surface area contributed by atoms with Gasteiger partial charge in [0.2, 0.25) is 5.76 Å². The highest BCUT2D eigenvalue weighted by Crippen LogP contribution is 2.25. The van der Waals surface area contributed by atoms with Gasteiger partial charge in [0.1, 0.15) is 18.2 Å². The van der Waals surface area contributed by atoms with Crippen LogP contribution in [0.2, 0.25) is 0 Å². The second-order valence-corrected chi connectivity index (χ2v) is 5.52. The molecule has 0 aliphatic carbocycles. The number of aryl methyl sites for hydroxylation is 1. The van der Waals surface area contributed by atoms with Gasteiger partial charge in [0, 0.05) is 5.56 Å². The van der Waals surface area contributed by atoms with Gasteiger partial charge in [-0.3, -0.25) is 10.1 Å². The van der Waals surface area contributed by atoms with E-state index in [9.17, 15) is 14.5 Å².